The normalized spacial score (nSPS) is 20.3. The van der Waals surface area contributed by atoms with E-state index in [1.807, 2.05) is 5.38 Å². The van der Waals surface area contributed by atoms with Crippen LogP contribution in [0.2, 0.25) is 0 Å². The molecule has 2 unspecified atom stereocenters. The lowest BCUT2D eigenvalue weighted by molar-refractivity contribution is -0.0707. The highest BCUT2D eigenvalue weighted by atomic mass is 32.2. The fraction of sp³-hybridized carbons (Fsp3) is 0.500. The maximum Gasteiger partial charge on any atom is 0.257 e. The molecule has 3 rings (SSSR count). The molecule has 1 fully saturated rings. The summed E-state index contributed by atoms with van der Waals surface area (Å²) in [6.45, 7) is 10.00. The summed E-state index contributed by atoms with van der Waals surface area (Å²) in [6.07, 6.45) is 0.360. The van der Waals surface area contributed by atoms with Crippen molar-refractivity contribution in [2.24, 2.45) is 0 Å². The molecule has 0 radical (unpaired) electrons. The first-order chi connectivity index (χ1) is 14.1. The number of morpholine rings is 1. The van der Waals surface area contributed by atoms with E-state index in [9.17, 15) is 13.2 Å². The number of carbonyl (C=O) groups is 1. The molecule has 0 spiro atoms. The molecule has 0 bridgehead atoms. The maximum atomic E-state index is 12.7. The molecular formula is C20H28N4O4S2. The topological polar surface area (TPSA) is 101 Å². The summed E-state index contributed by atoms with van der Waals surface area (Å²) in [7, 11) is -2.31. The number of rotatable bonds is 6. The summed E-state index contributed by atoms with van der Waals surface area (Å²) < 4.78 is 32.6. The van der Waals surface area contributed by atoms with Crippen molar-refractivity contribution in [2.45, 2.75) is 51.3 Å². The highest BCUT2D eigenvalue weighted by molar-refractivity contribution is 7.89. The van der Waals surface area contributed by atoms with Gasteiger partial charge < -0.3 is 4.74 Å². The zero-order chi connectivity index (χ0) is 22.1. The molecule has 1 aliphatic rings. The molecule has 2 heterocycles. The van der Waals surface area contributed by atoms with Gasteiger partial charge in [-0.1, -0.05) is 0 Å². The number of aryl methyl sites for hydroxylation is 1. The second-order valence-corrected chi connectivity index (χ2v) is 10.4. The van der Waals surface area contributed by atoms with Gasteiger partial charge in [0, 0.05) is 30.6 Å². The highest BCUT2D eigenvalue weighted by Gasteiger charge is 2.23. The molecule has 8 nitrogen and oxygen atoms in total. The van der Waals surface area contributed by atoms with Crippen LogP contribution in [0.15, 0.2) is 22.4 Å². The largest absolute Gasteiger partial charge is 0.373 e. The molecule has 2 N–H and O–H groups in total. The van der Waals surface area contributed by atoms with Crippen LogP contribution in [-0.4, -0.2) is 56.6 Å². The summed E-state index contributed by atoms with van der Waals surface area (Å²) in [5, 5.41) is 5.20. The van der Waals surface area contributed by atoms with E-state index in [4.69, 9.17) is 4.74 Å². The van der Waals surface area contributed by atoms with E-state index in [-0.39, 0.29) is 28.6 Å². The van der Waals surface area contributed by atoms with Gasteiger partial charge in [0.25, 0.3) is 5.91 Å². The number of aromatic nitrogens is 1. The summed E-state index contributed by atoms with van der Waals surface area (Å²) in [4.78, 5) is 19.7. The van der Waals surface area contributed by atoms with Crippen LogP contribution in [0.1, 0.15) is 41.0 Å². The average molecular weight is 453 g/mol. The number of anilines is 1. The molecule has 2 atom stereocenters. The van der Waals surface area contributed by atoms with Gasteiger partial charge in [0.15, 0.2) is 5.13 Å². The van der Waals surface area contributed by atoms with Crippen molar-refractivity contribution < 1.29 is 17.9 Å². The van der Waals surface area contributed by atoms with Gasteiger partial charge >= 0.3 is 0 Å². The molecular weight excluding hydrogens is 424 g/mol. The van der Waals surface area contributed by atoms with E-state index in [0.29, 0.717) is 17.2 Å². The molecule has 0 saturated carbocycles. The Morgan fingerprint density at radius 2 is 1.93 bits per heavy atom. The van der Waals surface area contributed by atoms with Crippen LogP contribution in [0.25, 0.3) is 0 Å². The van der Waals surface area contributed by atoms with Gasteiger partial charge in [-0.3, -0.25) is 15.0 Å². The smallest absolute Gasteiger partial charge is 0.257 e. The lowest BCUT2D eigenvalue weighted by Crippen LogP contribution is -2.44. The van der Waals surface area contributed by atoms with Crippen molar-refractivity contribution in [3.05, 3.63) is 39.9 Å². The van der Waals surface area contributed by atoms with Gasteiger partial charge in [0.2, 0.25) is 10.0 Å². The number of thiazole rings is 1. The molecule has 1 aliphatic heterocycles. The number of nitrogens with one attached hydrogen (secondary N) is 2. The Morgan fingerprint density at radius 1 is 1.27 bits per heavy atom. The third-order valence-corrected chi connectivity index (χ3v) is 7.44. The average Bonchev–Trinajstić information content (AvgIpc) is 3.09. The molecule has 1 amide bonds. The first-order valence-corrected chi connectivity index (χ1v) is 12.1. The maximum absolute atomic E-state index is 12.7. The van der Waals surface area contributed by atoms with Crippen LogP contribution in [0.5, 0.6) is 0 Å². The number of hydrogen-bond donors (Lipinski definition) is 2. The molecule has 0 aliphatic carbocycles. The molecule has 1 aromatic carbocycles. The zero-order valence-electron chi connectivity index (χ0n) is 17.9. The Hall–Kier alpha value is -1.85. The van der Waals surface area contributed by atoms with Crippen molar-refractivity contribution in [1.29, 1.82) is 0 Å². The Bertz CT molecular complexity index is 1030. The number of sulfonamides is 1. The first kappa shape index (κ1) is 22.8. The summed E-state index contributed by atoms with van der Waals surface area (Å²) in [5.41, 5.74) is 2.51. The van der Waals surface area contributed by atoms with Crippen molar-refractivity contribution in [3.63, 3.8) is 0 Å². The van der Waals surface area contributed by atoms with Crippen molar-refractivity contribution in [2.75, 3.05) is 25.5 Å². The van der Waals surface area contributed by atoms with Crippen molar-refractivity contribution in [3.8, 4) is 0 Å². The Labute approximate surface area is 181 Å². The molecule has 30 heavy (non-hydrogen) atoms. The third-order valence-electron chi connectivity index (χ3n) is 5.09. The van der Waals surface area contributed by atoms with E-state index in [2.05, 4.69) is 33.8 Å². The van der Waals surface area contributed by atoms with Crippen molar-refractivity contribution in [1.82, 2.24) is 14.6 Å². The van der Waals surface area contributed by atoms with E-state index in [1.165, 1.54) is 24.5 Å². The summed E-state index contributed by atoms with van der Waals surface area (Å²) in [5.74, 6) is -0.389. The second kappa shape index (κ2) is 9.11. The van der Waals surface area contributed by atoms with Gasteiger partial charge in [0.05, 0.1) is 22.8 Å². The minimum atomic E-state index is -3.66. The Balaban J connectivity index is 1.73. The van der Waals surface area contributed by atoms with Crippen LogP contribution >= 0.6 is 11.3 Å². The summed E-state index contributed by atoms with van der Waals surface area (Å²) >= 11 is 1.35. The third kappa shape index (κ3) is 5.25. The van der Waals surface area contributed by atoms with E-state index >= 15 is 0 Å². The van der Waals surface area contributed by atoms with Crippen LogP contribution < -0.4 is 10.0 Å². The van der Waals surface area contributed by atoms with Gasteiger partial charge in [-0.05, 0) is 58.0 Å². The van der Waals surface area contributed by atoms with Crippen LogP contribution in [0.3, 0.4) is 0 Å². The number of benzene rings is 1. The molecule has 2 aromatic rings. The molecule has 10 heteroatoms. The standard InChI is InChI=1S/C20H28N4O4S2/c1-12-6-16(7-18(15(12)4)30(26,27)21-5)19(25)23-20-22-17(11-29-20)10-24-8-13(2)28-14(3)9-24/h6-7,11,13-14,21H,8-10H2,1-5H3,(H,22,23,25). The fourth-order valence-electron chi connectivity index (χ4n) is 3.60. The Kier molecular flexibility index (Phi) is 6.93. The van der Waals surface area contributed by atoms with Crippen LogP contribution in [0, 0.1) is 13.8 Å². The predicted molar refractivity (Wildman–Crippen MR) is 118 cm³/mol. The zero-order valence-corrected chi connectivity index (χ0v) is 19.5. The molecule has 1 aromatic heterocycles. The number of hydrogen-bond acceptors (Lipinski definition) is 7. The predicted octanol–water partition coefficient (Wildman–Crippen LogP) is 2.53. The van der Waals surface area contributed by atoms with Gasteiger partial charge in [-0.2, -0.15) is 0 Å². The summed E-state index contributed by atoms with van der Waals surface area (Å²) in [6, 6.07) is 3.08. The first-order valence-electron chi connectivity index (χ1n) is 9.77. The van der Waals surface area contributed by atoms with E-state index < -0.39 is 10.0 Å². The van der Waals surface area contributed by atoms with Gasteiger partial charge in [-0.15, -0.1) is 11.3 Å². The number of carbonyl (C=O) groups excluding carboxylic acids is 1. The Morgan fingerprint density at radius 3 is 2.57 bits per heavy atom. The minimum absolute atomic E-state index is 0.102. The molecule has 1 saturated heterocycles. The van der Waals surface area contributed by atoms with E-state index in [0.717, 1.165) is 24.3 Å². The second-order valence-electron chi connectivity index (χ2n) is 7.67. The van der Waals surface area contributed by atoms with Crippen LogP contribution in [0.4, 0.5) is 5.13 Å². The van der Waals surface area contributed by atoms with E-state index in [1.54, 1.807) is 19.9 Å². The fourth-order valence-corrected chi connectivity index (χ4v) is 5.36. The lowest BCUT2D eigenvalue weighted by atomic mass is 10.1. The monoisotopic (exact) mass is 452 g/mol. The lowest BCUT2D eigenvalue weighted by Gasteiger charge is -2.34. The minimum Gasteiger partial charge on any atom is -0.373 e. The van der Waals surface area contributed by atoms with Gasteiger partial charge in [-0.25, -0.2) is 18.1 Å². The molecule has 164 valence electrons. The quantitative estimate of drug-likeness (QED) is 0.699. The number of nitrogens with zero attached hydrogens (tertiary/aromatic N) is 2. The number of ether oxygens (including phenoxy) is 1. The van der Waals surface area contributed by atoms with Crippen LogP contribution in [-0.2, 0) is 21.3 Å². The SMILES string of the molecule is CNS(=O)(=O)c1cc(C(=O)Nc2nc(CN3CC(C)OC(C)C3)cs2)cc(C)c1C. The highest BCUT2D eigenvalue weighted by Crippen LogP contribution is 2.23. The van der Waals surface area contributed by atoms with Gasteiger partial charge in [0.1, 0.15) is 0 Å². The number of amides is 1. The van der Waals surface area contributed by atoms with Crippen molar-refractivity contribution >= 4 is 32.4 Å².